The van der Waals surface area contributed by atoms with Crippen LogP contribution in [0.5, 0.6) is 0 Å². The van der Waals surface area contributed by atoms with E-state index >= 15 is 0 Å². The van der Waals surface area contributed by atoms with Gasteiger partial charge in [-0.05, 0) is 76.9 Å². The lowest BCUT2D eigenvalue weighted by molar-refractivity contribution is 0.0697. The fourth-order valence-corrected chi connectivity index (χ4v) is 4.34. The van der Waals surface area contributed by atoms with Gasteiger partial charge in [0.25, 0.3) is 0 Å². The number of carbonyl (C=O) groups is 1. The number of aromatic carboxylic acids is 1. The van der Waals surface area contributed by atoms with Gasteiger partial charge in [-0.2, -0.15) is 0 Å². The van der Waals surface area contributed by atoms with E-state index in [0.717, 1.165) is 58.5 Å². The third kappa shape index (κ3) is 3.83. The van der Waals surface area contributed by atoms with Gasteiger partial charge < -0.3 is 5.11 Å². The highest BCUT2D eigenvalue weighted by atomic mass is 16.4. The molecule has 0 amide bonds. The Morgan fingerprint density at radius 3 is 2.65 bits per heavy atom. The highest BCUT2D eigenvalue weighted by Crippen LogP contribution is 2.31. The summed E-state index contributed by atoms with van der Waals surface area (Å²) < 4.78 is 2.19. The van der Waals surface area contributed by atoms with Crippen molar-refractivity contribution < 1.29 is 9.90 Å². The Labute approximate surface area is 196 Å². The Morgan fingerprint density at radius 1 is 1.06 bits per heavy atom. The molecule has 5 aromatic rings. The van der Waals surface area contributed by atoms with Gasteiger partial charge in [-0.25, -0.2) is 14.9 Å². The first-order valence-electron chi connectivity index (χ1n) is 11.3. The number of hydrogen-bond donors (Lipinski definition) is 2. The lowest BCUT2D eigenvalue weighted by Gasteiger charge is -2.14. The lowest BCUT2D eigenvalue weighted by Crippen LogP contribution is -2.03. The number of nitrogens with one attached hydrogen (secondary N) is 1. The van der Waals surface area contributed by atoms with E-state index in [4.69, 9.17) is 4.98 Å². The molecule has 2 N–H and O–H groups in total. The number of hydrogen-bond acceptors (Lipinski definition) is 5. The van der Waals surface area contributed by atoms with Crippen LogP contribution in [0.2, 0.25) is 0 Å². The quantitative estimate of drug-likeness (QED) is 0.350. The summed E-state index contributed by atoms with van der Waals surface area (Å²) in [4.78, 5) is 16.7. The number of aromatic amines is 1. The van der Waals surface area contributed by atoms with Crippen LogP contribution < -0.4 is 0 Å². The number of H-pyrrole nitrogens is 1. The first kappa shape index (κ1) is 21.5. The molecule has 8 nitrogen and oxygen atoms in total. The van der Waals surface area contributed by atoms with Gasteiger partial charge in [-0.3, -0.25) is 4.57 Å². The summed E-state index contributed by atoms with van der Waals surface area (Å²) in [5.74, 6) is 0.658. The fourth-order valence-electron chi connectivity index (χ4n) is 4.34. The zero-order chi connectivity index (χ0) is 23.7. The standard InChI is InChI=1S/C26H24N6O2/c1-3-4-9-24-27-22-15-17(25-28-30-31-29-25)10-13-23(22)32(24)18-11-12-19(16(2)14-18)20-7-5-6-8-21(20)26(33)34/h5-8,10-15H,3-4,9H2,1-2H3,(H,33,34)(H,28,29,30,31). The molecule has 0 atom stereocenters. The van der Waals surface area contributed by atoms with E-state index in [1.54, 1.807) is 12.1 Å². The number of carboxylic acid groups (broad SMARTS) is 1. The number of aryl methyl sites for hydroxylation is 2. The maximum atomic E-state index is 11.7. The van der Waals surface area contributed by atoms with E-state index in [0.29, 0.717) is 17.0 Å². The predicted octanol–water partition coefficient (Wildman–Crippen LogP) is 5.22. The molecule has 34 heavy (non-hydrogen) atoms. The maximum Gasteiger partial charge on any atom is 0.336 e. The second-order valence-corrected chi connectivity index (χ2v) is 8.27. The van der Waals surface area contributed by atoms with Crippen LogP contribution in [-0.4, -0.2) is 41.3 Å². The zero-order valence-corrected chi connectivity index (χ0v) is 19.0. The SMILES string of the molecule is CCCCc1nc2cc(-c3nnn[nH]3)ccc2n1-c1ccc(-c2ccccc2C(=O)O)c(C)c1. The molecule has 0 aliphatic heterocycles. The summed E-state index contributed by atoms with van der Waals surface area (Å²) in [6.07, 6.45) is 2.96. The Bertz CT molecular complexity index is 1490. The van der Waals surface area contributed by atoms with Gasteiger partial charge >= 0.3 is 5.97 Å². The number of carboxylic acids is 1. The van der Waals surface area contributed by atoms with Crippen LogP contribution in [0.1, 0.15) is 41.5 Å². The number of tetrazole rings is 1. The smallest absolute Gasteiger partial charge is 0.336 e. The third-order valence-corrected chi connectivity index (χ3v) is 6.01. The Hall–Kier alpha value is -4.33. The Balaban J connectivity index is 1.63. The molecule has 0 radical (unpaired) electrons. The van der Waals surface area contributed by atoms with Crippen molar-refractivity contribution in [3.63, 3.8) is 0 Å². The second kappa shape index (κ2) is 8.90. The predicted molar refractivity (Wildman–Crippen MR) is 130 cm³/mol. The van der Waals surface area contributed by atoms with Crippen molar-refractivity contribution in [2.45, 2.75) is 33.1 Å². The molecule has 0 bridgehead atoms. The molecule has 0 saturated heterocycles. The van der Waals surface area contributed by atoms with Crippen molar-refractivity contribution in [2.24, 2.45) is 0 Å². The number of rotatable bonds is 7. The summed E-state index contributed by atoms with van der Waals surface area (Å²) in [5.41, 5.74) is 6.66. The van der Waals surface area contributed by atoms with E-state index < -0.39 is 5.97 Å². The van der Waals surface area contributed by atoms with Gasteiger partial charge in [0.05, 0.1) is 16.6 Å². The first-order valence-corrected chi connectivity index (χ1v) is 11.3. The van der Waals surface area contributed by atoms with Crippen molar-refractivity contribution in [1.82, 2.24) is 30.2 Å². The van der Waals surface area contributed by atoms with Gasteiger partial charge in [0.15, 0.2) is 5.82 Å². The number of nitrogens with zero attached hydrogens (tertiary/aromatic N) is 5. The van der Waals surface area contributed by atoms with E-state index in [1.165, 1.54) is 0 Å². The van der Waals surface area contributed by atoms with Crippen LogP contribution in [0.4, 0.5) is 0 Å². The first-order chi connectivity index (χ1) is 16.6. The Morgan fingerprint density at radius 2 is 1.91 bits per heavy atom. The van der Waals surface area contributed by atoms with Crippen LogP contribution in [0, 0.1) is 6.92 Å². The topological polar surface area (TPSA) is 110 Å². The van der Waals surface area contributed by atoms with E-state index in [-0.39, 0.29) is 0 Å². The average molecular weight is 453 g/mol. The normalized spacial score (nSPS) is 11.2. The van der Waals surface area contributed by atoms with Crippen molar-refractivity contribution >= 4 is 17.0 Å². The van der Waals surface area contributed by atoms with Crippen LogP contribution in [0.3, 0.4) is 0 Å². The van der Waals surface area contributed by atoms with Crippen molar-refractivity contribution in [3.8, 4) is 28.2 Å². The van der Waals surface area contributed by atoms with Crippen LogP contribution >= 0.6 is 0 Å². The number of imidazole rings is 1. The molecule has 2 heterocycles. The number of fused-ring (bicyclic) bond motifs is 1. The molecule has 2 aromatic heterocycles. The minimum absolute atomic E-state index is 0.296. The highest BCUT2D eigenvalue weighted by Gasteiger charge is 2.17. The van der Waals surface area contributed by atoms with E-state index in [2.05, 4.69) is 38.2 Å². The van der Waals surface area contributed by atoms with Gasteiger partial charge in [0.2, 0.25) is 0 Å². The van der Waals surface area contributed by atoms with Gasteiger partial charge in [0.1, 0.15) is 5.82 Å². The van der Waals surface area contributed by atoms with Crippen LogP contribution in [0.25, 0.3) is 39.2 Å². The summed E-state index contributed by atoms with van der Waals surface area (Å²) >= 11 is 0. The molecule has 5 rings (SSSR count). The molecule has 8 heteroatoms. The van der Waals surface area contributed by atoms with Gasteiger partial charge in [0, 0.05) is 17.7 Å². The molecule has 170 valence electrons. The number of benzene rings is 3. The lowest BCUT2D eigenvalue weighted by atomic mass is 9.95. The maximum absolute atomic E-state index is 11.7. The minimum atomic E-state index is -0.931. The van der Waals surface area contributed by atoms with E-state index in [1.807, 2.05) is 49.4 Å². The molecule has 0 aliphatic rings. The summed E-state index contributed by atoms with van der Waals surface area (Å²) in [6, 6.07) is 19.2. The van der Waals surface area contributed by atoms with Crippen molar-refractivity contribution in [3.05, 3.63) is 77.6 Å². The molecule has 0 spiro atoms. The molecule has 3 aromatic carbocycles. The molecule has 0 aliphatic carbocycles. The van der Waals surface area contributed by atoms with Crippen LogP contribution in [0.15, 0.2) is 60.7 Å². The molecule has 0 fully saturated rings. The van der Waals surface area contributed by atoms with Crippen LogP contribution in [-0.2, 0) is 6.42 Å². The summed E-state index contributed by atoms with van der Waals surface area (Å²) in [6.45, 7) is 4.18. The van der Waals surface area contributed by atoms with Crippen molar-refractivity contribution in [1.29, 1.82) is 0 Å². The monoisotopic (exact) mass is 452 g/mol. The number of unbranched alkanes of at least 4 members (excludes halogenated alkanes) is 1. The van der Waals surface area contributed by atoms with Crippen molar-refractivity contribution in [2.75, 3.05) is 0 Å². The fraction of sp³-hybridized carbons (Fsp3) is 0.192. The van der Waals surface area contributed by atoms with Gasteiger partial charge in [-0.1, -0.05) is 37.6 Å². The number of aromatic nitrogens is 6. The third-order valence-electron chi connectivity index (χ3n) is 6.01. The minimum Gasteiger partial charge on any atom is -0.478 e. The molecule has 0 unspecified atom stereocenters. The van der Waals surface area contributed by atoms with E-state index in [9.17, 15) is 9.90 Å². The average Bonchev–Trinajstić information content (AvgIpc) is 3.50. The molecular weight excluding hydrogens is 428 g/mol. The summed E-state index contributed by atoms with van der Waals surface area (Å²) in [5, 5.41) is 23.8. The highest BCUT2D eigenvalue weighted by molar-refractivity contribution is 5.96. The zero-order valence-electron chi connectivity index (χ0n) is 19.0. The molecular formula is C26H24N6O2. The summed E-state index contributed by atoms with van der Waals surface area (Å²) in [7, 11) is 0. The Kier molecular flexibility index (Phi) is 5.63. The molecule has 0 saturated carbocycles. The largest absolute Gasteiger partial charge is 0.478 e. The van der Waals surface area contributed by atoms with Gasteiger partial charge in [-0.15, -0.1) is 5.10 Å². The second-order valence-electron chi connectivity index (χ2n) is 8.27.